The third-order valence-corrected chi connectivity index (χ3v) is 10.1. The largest absolute Gasteiger partial charge is 0.397 e. The van der Waals surface area contributed by atoms with E-state index in [9.17, 15) is 8.42 Å². The molecule has 164 valence electrons. The maximum Gasteiger partial charge on any atom is 0.212 e. The van der Waals surface area contributed by atoms with Gasteiger partial charge in [-0.25, -0.2) is 8.42 Å². The molecular weight excluding hydrogens is 472 g/mol. The molecule has 33 heavy (non-hydrogen) atoms. The fourth-order valence-electron chi connectivity index (χ4n) is 4.43. The molecule has 0 atom stereocenters. The van der Waals surface area contributed by atoms with Crippen LogP contribution in [0.15, 0.2) is 70.5 Å². The molecule has 4 aromatic carbocycles. The molecule has 9 heteroatoms. The average Bonchev–Trinajstić information content (AvgIpc) is 3.32. The van der Waals surface area contributed by atoms with Gasteiger partial charge in [-0.1, -0.05) is 36.4 Å². The highest BCUT2D eigenvalue weighted by Crippen LogP contribution is 2.49. The molecule has 2 aromatic heterocycles. The molecule has 0 aliphatic carbocycles. The van der Waals surface area contributed by atoms with Gasteiger partial charge in [0, 0.05) is 40.3 Å². The number of hydrogen-bond donors (Lipinski definition) is 4. The standard InChI is InChI=1S/C24H18N4O2S3/c25-13-9-17-19(11-5-1-3-7-15(11)31-17)23(21(13)27)33(29,30)24-20-12-6-2-4-8-16(12)32-18(20)10-14(26)22(24)28/h1-10H,25-28H2. The molecule has 0 bridgehead atoms. The molecule has 0 unspecified atom stereocenters. The first kappa shape index (κ1) is 20.1. The van der Waals surface area contributed by atoms with Crippen LogP contribution >= 0.6 is 22.7 Å². The van der Waals surface area contributed by atoms with E-state index < -0.39 is 9.84 Å². The van der Waals surface area contributed by atoms with Crippen molar-refractivity contribution in [1.29, 1.82) is 0 Å². The first-order chi connectivity index (χ1) is 15.8. The number of benzene rings is 4. The van der Waals surface area contributed by atoms with E-state index in [1.807, 2.05) is 48.5 Å². The zero-order chi connectivity index (χ0) is 23.1. The molecule has 0 saturated heterocycles. The van der Waals surface area contributed by atoms with Crippen molar-refractivity contribution in [3.8, 4) is 0 Å². The number of sulfone groups is 1. The predicted molar refractivity (Wildman–Crippen MR) is 142 cm³/mol. The third-order valence-electron chi connectivity index (χ3n) is 5.92. The topological polar surface area (TPSA) is 138 Å². The van der Waals surface area contributed by atoms with Gasteiger partial charge in [-0.3, -0.25) is 0 Å². The zero-order valence-corrected chi connectivity index (χ0v) is 19.6. The smallest absolute Gasteiger partial charge is 0.212 e. The molecule has 0 spiro atoms. The summed E-state index contributed by atoms with van der Waals surface area (Å²) in [4.78, 5) is -0.0485. The Morgan fingerprint density at radius 3 is 1.39 bits per heavy atom. The molecule has 0 fully saturated rings. The second-order valence-electron chi connectivity index (χ2n) is 7.86. The lowest BCUT2D eigenvalue weighted by Gasteiger charge is -2.16. The Labute approximate surface area is 196 Å². The Morgan fingerprint density at radius 1 is 0.576 bits per heavy atom. The Hall–Kier alpha value is -3.53. The molecule has 0 radical (unpaired) electrons. The normalized spacial score (nSPS) is 12.4. The quantitative estimate of drug-likeness (QED) is 0.234. The summed E-state index contributed by atoms with van der Waals surface area (Å²) in [7, 11) is -4.22. The van der Waals surface area contributed by atoms with Crippen molar-refractivity contribution >= 4 is 95.6 Å². The van der Waals surface area contributed by atoms with Crippen molar-refractivity contribution in [2.24, 2.45) is 0 Å². The van der Waals surface area contributed by atoms with Crippen LogP contribution in [0, 0.1) is 0 Å². The van der Waals surface area contributed by atoms with Crippen LogP contribution in [0.5, 0.6) is 0 Å². The lowest BCUT2D eigenvalue weighted by molar-refractivity contribution is 0.598. The van der Waals surface area contributed by atoms with Gasteiger partial charge in [0.1, 0.15) is 9.79 Å². The second-order valence-corrected chi connectivity index (χ2v) is 11.9. The van der Waals surface area contributed by atoms with Crippen molar-refractivity contribution in [1.82, 2.24) is 0 Å². The Balaban J connectivity index is 1.84. The van der Waals surface area contributed by atoms with Gasteiger partial charge in [0.25, 0.3) is 0 Å². The number of rotatable bonds is 2. The van der Waals surface area contributed by atoms with E-state index in [2.05, 4.69) is 0 Å². The first-order valence-electron chi connectivity index (χ1n) is 10.0. The molecular formula is C24H18N4O2S3. The van der Waals surface area contributed by atoms with Crippen molar-refractivity contribution in [3.05, 3.63) is 60.7 Å². The fourth-order valence-corrected chi connectivity index (χ4v) is 8.88. The van der Waals surface area contributed by atoms with Crippen LogP contribution in [-0.4, -0.2) is 8.42 Å². The number of nitrogens with two attached hydrogens (primary N) is 4. The molecule has 6 rings (SSSR count). The highest BCUT2D eigenvalue weighted by molar-refractivity contribution is 7.92. The second kappa shape index (κ2) is 6.74. The van der Waals surface area contributed by atoms with Crippen molar-refractivity contribution in [2.75, 3.05) is 22.9 Å². The summed E-state index contributed by atoms with van der Waals surface area (Å²) in [5.41, 5.74) is 25.6. The molecule has 6 nitrogen and oxygen atoms in total. The highest BCUT2D eigenvalue weighted by Gasteiger charge is 2.32. The zero-order valence-electron chi connectivity index (χ0n) is 17.1. The van der Waals surface area contributed by atoms with Crippen LogP contribution in [0.4, 0.5) is 22.7 Å². The lowest BCUT2D eigenvalue weighted by atomic mass is 10.1. The Morgan fingerprint density at radius 2 is 0.970 bits per heavy atom. The lowest BCUT2D eigenvalue weighted by Crippen LogP contribution is -2.12. The summed E-state index contributed by atoms with van der Waals surface area (Å²) < 4.78 is 32.2. The van der Waals surface area contributed by atoms with Gasteiger partial charge < -0.3 is 22.9 Å². The highest BCUT2D eigenvalue weighted by atomic mass is 32.2. The summed E-state index contributed by atoms with van der Waals surface area (Å²) in [6.45, 7) is 0. The number of nitrogen functional groups attached to an aromatic ring is 4. The number of anilines is 4. The van der Waals surface area contributed by atoms with E-state index in [4.69, 9.17) is 22.9 Å². The van der Waals surface area contributed by atoms with Crippen molar-refractivity contribution in [3.63, 3.8) is 0 Å². The predicted octanol–water partition coefficient (Wildman–Crippen LogP) is 5.58. The van der Waals surface area contributed by atoms with Crippen LogP contribution in [0.25, 0.3) is 40.3 Å². The van der Waals surface area contributed by atoms with E-state index in [1.54, 1.807) is 12.1 Å². The Kier molecular flexibility index (Phi) is 4.10. The first-order valence-corrected chi connectivity index (χ1v) is 13.1. The minimum absolute atomic E-state index is 0.0144. The fraction of sp³-hybridized carbons (Fsp3) is 0. The van der Waals surface area contributed by atoms with Gasteiger partial charge in [0.15, 0.2) is 0 Å². The number of thiophene rings is 2. The van der Waals surface area contributed by atoms with Crippen LogP contribution < -0.4 is 22.9 Å². The van der Waals surface area contributed by atoms with E-state index in [1.165, 1.54) is 22.7 Å². The van der Waals surface area contributed by atoms with Gasteiger partial charge in [-0.05, 0) is 24.3 Å². The van der Waals surface area contributed by atoms with Crippen LogP contribution in [0.1, 0.15) is 0 Å². The van der Waals surface area contributed by atoms with Crippen molar-refractivity contribution < 1.29 is 8.42 Å². The molecule has 8 N–H and O–H groups in total. The van der Waals surface area contributed by atoms with Gasteiger partial charge in [-0.15, -0.1) is 22.7 Å². The monoisotopic (exact) mass is 490 g/mol. The molecule has 0 aliphatic rings. The van der Waals surface area contributed by atoms with Gasteiger partial charge in [0.2, 0.25) is 9.84 Å². The average molecular weight is 491 g/mol. The van der Waals surface area contributed by atoms with E-state index in [0.29, 0.717) is 10.8 Å². The molecule has 0 aliphatic heterocycles. The molecule has 2 heterocycles. The number of hydrogen-bond acceptors (Lipinski definition) is 8. The van der Waals surface area contributed by atoms with Gasteiger partial charge in [-0.2, -0.15) is 0 Å². The Bertz CT molecular complexity index is 1750. The third kappa shape index (κ3) is 2.67. The van der Waals surface area contributed by atoms with Crippen molar-refractivity contribution in [2.45, 2.75) is 9.79 Å². The summed E-state index contributed by atoms with van der Waals surface area (Å²) in [6.07, 6.45) is 0. The minimum Gasteiger partial charge on any atom is -0.397 e. The van der Waals surface area contributed by atoms with Crippen LogP contribution in [0.2, 0.25) is 0 Å². The SMILES string of the molecule is Nc1cc2sc3ccccc3c2c(S(=O)(=O)c2c(N)c(N)cc3sc4ccccc4c23)c1N. The molecule has 6 aromatic rings. The molecule has 0 saturated carbocycles. The van der Waals surface area contributed by atoms with E-state index in [-0.39, 0.29) is 32.5 Å². The van der Waals surface area contributed by atoms with Gasteiger partial charge >= 0.3 is 0 Å². The summed E-state index contributed by atoms with van der Waals surface area (Å²) in [6, 6.07) is 18.7. The summed E-state index contributed by atoms with van der Waals surface area (Å²) in [5.74, 6) is 0. The van der Waals surface area contributed by atoms with Gasteiger partial charge in [0.05, 0.1) is 22.7 Å². The maximum atomic E-state index is 14.4. The maximum absolute atomic E-state index is 14.4. The van der Waals surface area contributed by atoms with Crippen LogP contribution in [0.3, 0.4) is 0 Å². The summed E-state index contributed by atoms with van der Waals surface area (Å²) in [5, 5.41) is 2.71. The molecule has 0 amide bonds. The van der Waals surface area contributed by atoms with E-state index in [0.717, 1.165) is 29.6 Å². The van der Waals surface area contributed by atoms with Crippen LogP contribution in [-0.2, 0) is 9.84 Å². The van der Waals surface area contributed by atoms with E-state index >= 15 is 0 Å². The number of fused-ring (bicyclic) bond motifs is 6. The summed E-state index contributed by atoms with van der Waals surface area (Å²) >= 11 is 2.94. The minimum atomic E-state index is -4.22.